The summed E-state index contributed by atoms with van der Waals surface area (Å²) < 4.78 is 7.17. The second-order valence-electron chi connectivity index (χ2n) is 4.10. The highest BCUT2D eigenvalue weighted by molar-refractivity contribution is 5.19. The lowest BCUT2D eigenvalue weighted by atomic mass is 10.3. The molecule has 0 aromatic carbocycles. The van der Waals surface area contributed by atoms with E-state index in [9.17, 15) is 4.79 Å². The van der Waals surface area contributed by atoms with Crippen molar-refractivity contribution in [2.24, 2.45) is 0 Å². The number of pyridine rings is 2. The second kappa shape index (κ2) is 6.70. The van der Waals surface area contributed by atoms with E-state index in [4.69, 9.17) is 4.74 Å². The van der Waals surface area contributed by atoms with E-state index >= 15 is 0 Å². The average molecular weight is 259 g/mol. The summed E-state index contributed by atoms with van der Waals surface area (Å²) in [5.41, 5.74) is 0.947. The average Bonchev–Trinajstić information content (AvgIpc) is 2.43. The molecule has 0 spiro atoms. The van der Waals surface area contributed by atoms with E-state index in [1.54, 1.807) is 23.0 Å². The van der Waals surface area contributed by atoms with E-state index in [-0.39, 0.29) is 5.56 Å². The fourth-order valence-electron chi connectivity index (χ4n) is 1.69. The Labute approximate surface area is 111 Å². The van der Waals surface area contributed by atoms with Gasteiger partial charge in [-0.2, -0.15) is 0 Å². The summed E-state index contributed by atoms with van der Waals surface area (Å²) in [6.07, 6.45) is 3.44. The van der Waals surface area contributed by atoms with E-state index in [2.05, 4.69) is 10.3 Å². The van der Waals surface area contributed by atoms with Gasteiger partial charge in [-0.15, -0.1) is 0 Å². The van der Waals surface area contributed by atoms with Gasteiger partial charge in [0.15, 0.2) is 0 Å². The first-order chi connectivity index (χ1) is 9.29. The van der Waals surface area contributed by atoms with Crippen molar-refractivity contribution in [2.75, 3.05) is 13.7 Å². The zero-order valence-electron chi connectivity index (χ0n) is 10.9. The van der Waals surface area contributed by atoms with Crippen LogP contribution in [0.25, 0.3) is 0 Å². The lowest BCUT2D eigenvalue weighted by molar-refractivity contribution is 0.295. The number of hydrogen-bond donors (Lipinski definition) is 1. The van der Waals surface area contributed by atoms with Crippen molar-refractivity contribution in [1.82, 2.24) is 14.9 Å². The van der Waals surface area contributed by atoms with Crippen LogP contribution in [-0.4, -0.2) is 23.2 Å². The quantitative estimate of drug-likeness (QED) is 0.842. The second-order valence-corrected chi connectivity index (χ2v) is 4.10. The van der Waals surface area contributed by atoms with Crippen molar-refractivity contribution in [3.63, 3.8) is 0 Å². The maximum Gasteiger partial charge on any atom is 0.250 e. The standard InChI is InChI=1S/C14H17N3O2/c1-15-10-12-5-6-13(11-16-12)19-9-8-17-7-3-2-4-14(17)18/h2-7,11,15H,8-10H2,1H3. The molecule has 2 aromatic heterocycles. The zero-order valence-corrected chi connectivity index (χ0v) is 10.9. The monoisotopic (exact) mass is 259 g/mol. The highest BCUT2D eigenvalue weighted by Gasteiger charge is 1.98. The molecule has 5 heteroatoms. The van der Waals surface area contributed by atoms with Gasteiger partial charge in [-0.05, 0) is 25.2 Å². The van der Waals surface area contributed by atoms with Crippen LogP contribution < -0.4 is 15.6 Å². The van der Waals surface area contributed by atoms with Gasteiger partial charge in [0.25, 0.3) is 5.56 Å². The molecule has 0 saturated heterocycles. The summed E-state index contributed by atoms with van der Waals surface area (Å²) in [6.45, 7) is 1.70. The topological polar surface area (TPSA) is 56.1 Å². The van der Waals surface area contributed by atoms with E-state index in [0.717, 1.165) is 12.2 Å². The molecule has 0 aliphatic rings. The van der Waals surface area contributed by atoms with Crippen LogP contribution >= 0.6 is 0 Å². The van der Waals surface area contributed by atoms with Crippen LogP contribution in [0.15, 0.2) is 47.5 Å². The van der Waals surface area contributed by atoms with Crippen molar-refractivity contribution in [1.29, 1.82) is 0 Å². The van der Waals surface area contributed by atoms with E-state index in [1.807, 2.05) is 25.2 Å². The normalized spacial score (nSPS) is 10.4. The third-order valence-electron chi connectivity index (χ3n) is 2.66. The third-order valence-corrected chi connectivity index (χ3v) is 2.66. The van der Waals surface area contributed by atoms with Crippen LogP contribution in [0.2, 0.25) is 0 Å². The van der Waals surface area contributed by atoms with Gasteiger partial charge in [-0.1, -0.05) is 6.07 Å². The molecule has 5 nitrogen and oxygen atoms in total. The maximum absolute atomic E-state index is 11.5. The Bertz CT molecular complexity index is 563. The molecule has 0 unspecified atom stereocenters. The molecule has 0 aliphatic carbocycles. The van der Waals surface area contributed by atoms with Gasteiger partial charge in [-0.25, -0.2) is 0 Å². The summed E-state index contributed by atoms with van der Waals surface area (Å²) in [4.78, 5) is 15.7. The number of ether oxygens (including phenoxy) is 1. The first-order valence-electron chi connectivity index (χ1n) is 6.17. The molecule has 0 bridgehead atoms. The smallest absolute Gasteiger partial charge is 0.250 e. The Morgan fingerprint density at radius 2 is 2.21 bits per heavy atom. The third kappa shape index (κ3) is 3.93. The number of nitrogens with one attached hydrogen (secondary N) is 1. The minimum atomic E-state index is -0.0198. The van der Waals surface area contributed by atoms with Crippen LogP contribution in [0.4, 0.5) is 0 Å². The number of hydrogen-bond acceptors (Lipinski definition) is 4. The van der Waals surface area contributed by atoms with Crippen LogP contribution in [0, 0.1) is 0 Å². The van der Waals surface area contributed by atoms with Crippen LogP contribution in [0.5, 0.6) is 5.75 Å². The predicted octanol–water partition coefficient (Wildman–Crippen LogP) is 1.04. The summed E-state index contributed by atoms with van der Waals surface area (Å²) in [7, 11) is 1.88. The summed E-state index contributed by atoms with van der Waals surface area (Å²) in [6, 6.07) is 8.89. The molecule has 0 fully saturated rings. The predicted molar refractivity (Wildman–Crippen MR) is 73.2 cm³/mol. The van der Waals surface area contributed by atoms with Crippen LogP contribution in [-0.2, 0) is 13.1 Å². The first-order valence-corrected chi connectivity index (χ1v) is 6.17. The molecule has 0 radical (unpaired) electrons. The number of nitrogens with zero attached hydrogens (tertiary/aromatic N) is 2. The van der Waals surface area contributed by atoms with Crippen molar-refractivity contribution in [3.8, 4) is 5.75 Å². The van der Waals surface area contributed by atoms with Crippen molar-refractivity contribution < 1.29 is 4.74 Å². The summed E-state index contributed by atoms with van der Waals surface area (Å²) in [5.74, 6) is 0.712. The maximum atomic E-state index is 11.5. The molecule has 2 heterocycles. The molecule has 0 atom stereocenters. The van der Waals surface area contributed by atoms with Crippen LogP contribution in [0.3, 0.4) is 0 Å². The van der Waals surface area contributed by atoms with Gasteiger partial charge < -0.3 is 14.6 Å². The summed E-state index contributed by atoms with van der Waals surface area (Å²) >= 11 is 0. The van der Waals surface area contributed by atoms with Gasteiger partial charge in [0.05, 0.1) is 18.4 Å². The highest BCUT2D eigenvalue weighted by atomic mass is 16.5. The molecular formula is C14H17N3O2. The fraction of sp³-hybridized carbons (Fsp3) is 0.286. The Kier molecular flexibility index (Phi) is 4.69. The molecule has 2 aromatic rings. The largest absolute Gasteiger partial charge is 0.490 e. The van der Waals surface area contributed by atoms with Crippen molar-refractivity contribution >= 4 is 0 Å². The van der Waals surface area contributed by atoms with Crippen LogP contribution in [0.1, 0.15) is 5.69 Å². The van der Waals surface area contributed by atoms with Gasteiger partial charge in [0.1, 0.15) is 12.4 Å². The fourth-order valence-corrected chi connectivity index (χ4v) is 1.69. The van der Waals surface area contributed by atoms with Gasteiger partial charge >= 0.3 is 0 Å². The minimum Gasteiger partial charge on any atom is -0.490 e. The van der Waals surface area contributed by atoms with Gasteiger partial charge in [0, 0.05) is 18.8 Å². The Morgan fingerprint density at radius 1 is 1.32 bits per heavy atom. The molecule has 0 amide bonds. The lowest BCUT2D eigenvalue weighted by Gasteiger charge is -2.08. The molecule has 0 saturated carbocycles. The van der Waals surface area contributed by atoms with E-state index < -0.39 is 0 Å². The zero-order chi connectivity index (χ0) is 13.5. The van der Waals surface area contributed by atoms with Gasteiger partial charge in [-0.3, -0.25) is 9.78 Å². The lowest BCUT2D eigenvalue weighted by Crippen LogP contribution is -2.21. The molecule has 19 heavy (non-hydrogen) atoms. The number of aromatic nitrogens is 2. The Hall–Kier alpha value is -2.14. The number of rotatable bonds is 6. The molecule has 100 valence electrons. The van der Waals surface area contributed by atoms with E-state index in [0.29, 0.717) is 18.9 Å². The minimum absolute atomic E-state index is 0.0198. The Morgan fingerprint density at radius 3 is 2.89 bits per heavy atom. The van der Waals surface area contributed by atoms with Crippen molar-refractivity contribution in [3.05, 3.63) is 58.8 Å². The molecule has 0 aliphatic heterocycles. The first kappa shape index (κ1) is 13.3. The highest BCUT2D eigenvalue weighted by Crippen LogP contribution is 2.08. The van der Waals surface area contributed by atoms with Crippen molar-refractivity contribution in [2.45, 2.75) is 13.1 Å². The SMILES string of the molecule is CNCc1ccc(OCCn2ccccc2=O)cn1. The Balaban J connectivity index is 1.86. The summed E-state index contributed by atoms with van der Waals surface area (Å²) in [5, 5.41) is 3.03. The molecule has 1 N–H and O–H groups in total. The van der Waals surface area contributed by atoms with E-state index in [1.165, 1.54) is 6.07 Å². The molecule has 2 rings (SSSR count). The molecular weight excluding hydrogens is 242 g/mol. The van der Waals surface area contributed by atoms with Gasteiger partial charge in [0.2, 0.25) is 0 Å².